The number of nitrogens with one attached hydrogen (secondary N) is 1. The van der Waals surface area contributed by atoms with Gasteiger partial charge in [0.25, 0.3) is 0 Å². The molecule has 1 aromatic carbocycles. The minimum atomic E-state index is -0.569. The number of ether oxygens (including phenoxy) is 1. The number of amides is 1. The van der Waals surface area contributed by atoms with Crippen LogP contribution in [0.4, 0.5) is 5.69 Å². The molecule has 1 fully saturated rings. The van der Waals surface area contributed by atoms with E-state index in [1.54, 1.807) is 7.11 Å². The Morgan fingerprint density at radius 2 is 2.05 bits per heavy atom. The lowest BCUT2D eigenvalue weighted by Gasteiger charge is -2.38. The lowest BCUT2D eigenvalue weighted by Crippen LogP contribution is -2.44. The van der Waals surface area contributed by atoms with E-state index < -0.39 is 5.41 Å². The summed E-state index contributed by atoms with van der Waals surface area (Å²) in [6.07, 6.45) is 2.54. The molecule has 4 heteroatoms. The number of rotatable bonds is 4. The summed E-state index contributed by atoms with van der Waals surface area (Å²) in [7, 11) is 1.63. The van der Waals surface area contributed by atoms with E-state index in [0.717, 1.165) is 41.8 Å². The first-order valence-corrected chi connectivity index (χ1v) is 6.60. The van der Waals surface area contributed by atoms with Gasteiger partial charge in [-0.1, -0.05) is 6.42 Å². The third-order valence-electron chi connectivity index (χ3n) is 4.30. The first kappa shape index (κ1) is 13.9. The van der Waals surface area contributed by atoms with Crippen molar-refractivity contribution in [1.82, 2.24) is 0 Å². The third-order valence-corrected chi connectivity index (χ3v) is 4.30. The van der Waals surface area contributed by atoms with Gasteiger partial charge in [-0.25, -0.2) is 0 Å². The lowest BCUT2D eigenvalue weighted by molar-refractivity contribution is -0.133. The maximum Gasteiger partial charge on any atom is 0.232 e. The van der Waals surface area contributed by atoms with E-state index in [1.807, 2.05) is 26.0 Å². The molecule has 1 aliphatic carbocycles. The third kappa shape index (κ3) is 2.32. The van der Waals surface area contributed by atoms with Gasteiger partial charge in [0.05, 0.1) is 19.1 Å². The lowest BCUT2D eigenvalue weighted by atomic mass is 9.68. The predicted molar refractivity (Wildman–Crippen MR) is 74.5 cm³/mol. The van der Waals surface area contributed by atoms with Crippen molar-refractivity contribution in [2.24, 2.45) is 5.41 Å². The summed E-state index contributed by atoms with van der Waals surface area (Å²) in [6.45, 7) is 3.85. The molecule has 2 rings (SSSR count). The van der Waals surface area contributed by atoms with E-state index in [4.69, 9.17) is 4.74 Å². The van der Waals surface area contributed by atoms with Crippen LogP contribution in [-0.2, 0) is 4.79 Å². The number of carbonyl (C=O) groups is 1. The highest BCUT2D eigenvalue weighted by atomic mass is 16.5. The van der Waals surface area contributed by atoms with Crippen molar-refractivity contribution in [2.75, 3.05) is 19.0 Å². The van der Waals surface area contributed by atoms with Crippen molar-refractivity contribution in [3.8, 4) is 5.75 Å². The maximum absolute atomic E-state index is 12.3. The molecule has 0 spiro atoms. The van der Waals surface area contributed by atoms with Crippen LogP contribution in [0.25, 0.3) is 0 Å². The molecule has 4 nitrogen and oxygen atoms in total. The Labute approximate surface area is 113 Å². The molecule has 0 saturated heterocycles. The number of anilines is 1. The van der Waals surface area contributed by atoms with Gasteiger partial charge in [0, 0.05) is 5.69 Å². The highest BCUT2D eigenvalue weighted by Crippen LogP contribution is 2.41. The predicted octanol–water partition coefficient (Wildman–Crippen LogP) is 2.41. The summed E-state index contributed by atoms with van der Waals surface area (Å²) in [4.78, 5) is 12.3. The van der Waals surface area contributed by atoms with E-state index in [1.165, 1.54) is 0 Å². The number of hydrogen-bond acceptors (Lipinski definition) is 3. The summed E-state index contributed by atoms with van der Waals surface area (Å²) in [5, 5.41) is 12.4. The van der Waals surface area contributed by atoms with Crippen LogP contribution in [0, 0.1) is 19.3 Å². The molecule has 0 radical (unpaired) electrons. The Bertz CT molecular complexity index is 487. The highest BCUT2D eigenvalue weighted by Gasteiger charge is 2.43. The van der Waals surface area contributed by atoms with E-state index in [9.17, 15) is 9.90 Å². The van der Waals surface area contributed by atoms with Crippen molar-refractivity contribution >= 4 is 11.6 Å². The first-order chi connectivity index (χ1) is 9.04. The molecule has 1 aromatic rings. The van der Waals surface area contributed by atoms with Gasteiger partial charge in [0.1, 0.15) is 5.75 Å². The topological polar surface area (TPSA) is 58.6 Å². The number of aliphatic hydroxyl groups is 1. The molecule has 0 bridgehead atoms. The normalized spacial score (nSPS) is 16.6. The average molecular weight is 263 g/mol. The van der Waals surface area contributed by atoms with Crippen LogP contribution < -0.4 is 10.1 Å². The molecule has 0 aromatic heterocycles. The van der Waals surface area contributed by atoms with Gasteiger partial charge in [-0.2, -0.15) is 0 Å². The molecule has 19 heavy (non-hydrogen) atoms. The van der Waals surface area contributed by atoms with Gasteiger partial charge in [0.15, 0.2) is 0 Å². The molecule has 0 unspecified atom stereocenters. The van der Waals surface area contributed by atoms with Crippen LogP contribution in [0.5, 0.6) is 5.75 Å². The standard InChI is InChI=1S/C15H21NO3/c1-10-11(2)13(19-3)6-5-12(10)16-14(18)15(9-17)7-4-8-15/h5-6,17H,4,7-9H2,1-3H3,(H,16,18). The van der Waals surface area contributed by atoms with Gasteiger partial charge in [-0.3, -0.25) is 4.79 Å². The quantitative estimate of drug-likeness (QED) is 0.877. The molecule has 1 saturated carbocycles. The zero-order chi connectivity index (χ0) is 14.0. The molecule has 2 N–H and O–H groups in total. The Kier molecular flexibility index (Phi) is 3.80. The van der Waals surface area contributed by atoms with Gasteiger partial charge in [0.2, 0.25) is 5.91 Å². The fourth-order valence-corrected chi connectivity index (χ4v) is 2.47. The van der Waals surface area contributed by atoms with Crippen molar-refractivity contribution in [3.63, 3.8) is 0 Å². The molecule has 0 atom stereocenters. The molecule has 0 heterocycles. The first-order valence-electron chi connectivity index (χ1n) is 6.60. The number of benzene rings is 1. The van der Waals surface area contributed by atoms with Crippen molar-refractivity contribution in [3.05, 3.63) is 23.3 Å². The fraction of sp³-hybridized carbons (Fsp3) is 0.533. The van der Waals surface area contributed by atoms with Crippen LogP contribution in [0.3, 0.4) is 0 Å². The zero-order valence-electron chi connectivity index (χ0n) is 11.7. The summed E-state index contributed by atoms with van der Waals surface area (Å²) in [6, 6.07) is 3.70. The van der Waals surface area contributed by atoms with Gasteiger partial charge in [-0.05, 0) is 49.9 Å². The van der Waals surface area contributed by atoms with Gasteiger partial charge >= 0.3 is 0 Å². The van der Waals surface area contributed by atoms with Gasteiger partial charge in [-0.15, -0.1) is 0 Å². The second-order valence-corrected chi connectivity index (χ2v) is 5.31. The van der Waals surface area contributed by atoms with Gasteiger partial charge < -0.3 is 15.2 Å². The average Bonchev–Trinajstić information content (AvgIpc) is 2.35. The highest BCUT2D eigenvalue weighted by molar-refractivity contribution is 5.96. The Morgan fingerprint density at radius 3 is 2.53 bits per heavy atom. The molecule has 1 aliphatic rings. The Hall–Kier alpha value is -1.55. The Morgan fingerprint density at radius 1 is 1.37 bits per heavy atom. The minimum absolute atomic E-state index is 0.0751. The van der Waals surface area contributed by atoms with E-state index in [0.29, 0.717) is 0 Å². The van der Waals surface area contributed by atoms with Crippen molar-refractivity contribution < 1.29 is 14.6 Å². The van der Waals surface area contributed by atoms with Crippen LogP contribution in [0.2, 0.25) is 0 Å². The van der Waals surface area contributed by atoms with Crippen LogP contribution in [0.15, 0.2) is 12.1 Å². The second-order valence-electron chi connectivity index (χ2n) is 5.31. The largest absolute Gasteiger partial charge is 0.496 e. The zero-order valence-corrected chi connectivity index (χ0v) is 11.7. The smallest absolute Gasteiger partial charge is 0.232 e. The fourth-order valence-electron chi connectivity index (χ4n) is 2.47. The second kappa shape index (κ2) is 5.21. The number of hydrogen-bond donors (Lipinski definition) is 2. The SMILES string of the molecule is COc1ccc(NC(=O)C2(CO)CCC2)c(C)c1C. The number of aliphatic hydroxyl groups excluding tert-OH is 1. The number of carbonyl (C=O) groups excluding carboxylic acids is 1. The number of methoxy groups -OCH3 is 1. The summed E-state index contributed by atoms with van der Waals surface area (Å²) in [5.74, 6) is 0.741. The molecular formula is C15H21NO3. The molecule has 1 amide bonds. The van der Waals surface area contributed by atoms with E-state index >= 15 is 0 Å². The van der Waals surface area contributed by atoms with Crippen LogP contribution in [-0.4, -0.2) is 24.7 Å². The van der Waals surface area contributed by atoms with Crippen LogP contribution >= 0.6 is 0 Å². The molecule has 104 valence electrons. The van der Waals surface area contributed by atoms with E-state index in [2.05, 4.69) is 5.32 Å². The Balaban J connectivity index is 2.20. The summed E-state index contributed by atoms with van der Waals surface area (Å²) >= 11 is 0. The van der Waals surface area contributed by atoms with E-state index in [-0.39, 0.29) is 12.5 Å². The van der Waals surface area contributed by atoms with Crippen molar-refractivity contribution in [1.29, 1.82) is 0 Å². The molecule has 0 aliphatic heterocycles. The maximum atomic E-state index is 12.3. The van der Waals surface area contributed by atoms with Crippen LogP contribution in [0.1, 0.15) is 30.4 Å². The summed E-state index contributed by atoms with van der Waals surface area (Å²) < 4.78 is 5.25. The minimum Gasteiger partial charge on any atom is -0.496 e. The monoisotopic (exact) mass is 263 g/mol. The summed E-state index contributed by atoms with van der Waals surface area (Å²) in [5.41, 5.74) is 2.25. The van der Waals surface area contributed by atoms with Crippen molar-refractivity contribution in [2.45, 2.75) is 33.1 Å². The molecular weight excluding hydrogens is 242 g/mol.